The van der Waals surface area contributed by atoms with Gasteiger partial charge in [-0.1, -0.05) is 48.5 Å². The minimum atomic E-state index is -1.28. The molecule has 0 spiro atoms. The molecule has 0 heterocycles. The Bertz CT molecular complexity index is 1010. The third-order valence-electron chi connectivity index (χ3n) is 6.82. The first-order valence-electron chi connectivity index (χ1n) is 11.7. The number of benzene rings is 2. The fraction of sp³-hybridized carbons (Fsp3) is 0.423. The number of rotatable bonds is 9. The zero-order valence-electron chi connectivity index (χ0n) is 18.9. The highest BCUT2D eigenvalue weighted by Gasteiger charge is 2.30. The van der Waals surface area contributed by atoms with Gasteiger partial charge < -0.3 is 25.6 Å². The Morgan fingerprint density at radius 2 is 1.59 bits per heavy atom. The van der Waals surface area contributed by atoms with Crippen LogP contribution in [0.25, 0.3) is 11.1 Å². The fourth-order valence-corrected chi connectivity index (χ4v) is 5.13. The lowest BCUT2D eigenvalue weighted by Gasteiger charge is -2.16. The van der Waals surface area contributed by atoms with Crippen molar-refractivity contribution in [1.29, 1.82) is 0 Å². The normalized spacial score (nSPS) is 19.7. The summed E-state index contributed by atoms with van der Waals surface area (Å²) in [4.78, 5) is 35.4. The molecular weight excluding hydrogens is 436 g/mol. The monoisotopic (exact) mass is 466 g/mol. The van der Waals surface area contributed by atoms with Gasteiger partial charge in [0.1, 0.15) is 12.6 Å². The van der Waals surface area contributed by atoms with Crippen molar-refractivity contribution >= 4 is 18.0 Å². The highest BCUT2D eigenvalue weighted by Crippen LogP contribution is 2.44. The van der Waals surface area contributed by atoms with Gasteiger partial charge in [-0.3, -0.25) is 4.79 Å². The number of amides is 2. The van der Waals surface area contributed by atoms with Crippen molar-refractivity contribution < 1.29 is 29.3 Å². The summed E-state index contributed by atoms with van der Waals surface area (Å²) in [5.41, 5.74) is 4.70. The standard InChI is InChI=1S/C26H30N2O6/c29-14-23(25(31)32)28-24(30)12-16-9-10-17(11-16)13-27-26(33)34-15-22-20-7-3-1-5-18(20)19-6-2-4-8-21(19)22/h1-8,16-17,22-23,29H,9-15H2,(H,27,33)(H,28,30)(H,31,32)/t16?,17?,23-/m0/s1. The Morgan fingerprint density at radius 1 is 0.971 bits per heavy atom. The van der Waals surface area contributed by atoms with Gasteiger partial charge in [0.05, 0.1) is 6.61 Å². The van der Waals surface area contributed by atoms with Crippen LogP contribution in [-0.4, -0.2) is 54.0 Å². The fourth-order valence-electron chi connectivity index (χ4n) is 5.13. The van der Waals surface area contributed by atoms with Gasteiger partial charge >= 0.3 is 12.1 Å². The molecule has 2 aromatic rings. The van der Waals surface area contributed by atoms with Crippen LogP contribution < -0.4 is 10.6 Å². The van der Waals surface area contributed by atoms with Crippen LogP contribution in [0.15, 0.2) is 48.5 Å². The summed E-state index contributed by atoms with van der Waals surface area (Å²) in [6.45, 7) is 0.102. The van der Waals surface area contributed by atoms with E-state index in [0.29, 0.717) is 6.54 Å². The lowest BCUT2D eigenvalue weighted by molar-refractivity contribution is -0.143. The van der Waals surface area contributed by atoms with Crippen molar-refractivity contribution in [3.63, 3.8) is 0 Å². The quantitative estimate of drug-likeness (QED) is 0.450. The summed E-state index contributed by atoms with van der Waals surface area (Å²) in [7, 11) is 0. The minimum Gasteiger partial charge on any atom is -0.480 e. The summed E-state index contributed by atoms with van der Waals surface area (Å²) in [5.74, 6) is -1.25. The second-order valence-corrected chi connectivity index (χ2v) is 9.10. The summed E-state index contributed by atoms with van der Waals surface area (Å²) in [5, 5.41) is 23.2. The van der Waals surface area contributed by atoms with E-state index in [1.165, 1.54) is 22.3 Å². The largest absolute Gasteiger partial charge is 0.480 e. The number of nitrogens with one attached hydrogen (secondary N) is 2. The van der Waals surface area contributed by atoms with Crippen LogP contribution in [0.3, 0.4) is 0 Å². The molecule has 0 aromatic heterocycles. The van der Waals surface area contributed by atoms with Crippen LogP contribution in [0.4, 0.5) is 4.79 Å². The number of carbonyl (C=O) groups excluding carboxylic acids is 2. The van der Waals surface area contributed by atoms with Crippen molar-refractivity contribution in [2.24, 2.45) is 11.8 Å². The van der Waals surface area contributed by atoms with E-state index in [-0.39, 0.29) is 36.7 Å². The molecule has 1 fully saturated rings. The van der Waals surface area contributed by atoms with Crippen LogP contribution >= 0.6 is 0 Å². The average Bonchev–Trinajstić information content (AvgIpc) is 3.41. The number of alkyl carbamates (subject to hydrolysis) is 1. The van der Waals surface area contributed by atoms with Crippen LogP contribution in [0.2, 0.25) is 0 Å². The van der Waals surface area contributed by atoms with E-state index in [0.717, 1.165) is 19.3 Å². The van der Waals surface area contributed by atoms with Gasteiger partial charge in [-0.05, 0) is 53.4 Å². The first-order valence-corrected chi connectivity index (χ1v) is 11.7. The molecule has 2 aromatic carbocycles. The van der Waals surface area contributed by atoms with Gasteiger partial charge in [-0.2, -0.15) is 0 Å². The minimum absolute atomic E-state index is 0.0149. The molecule has 8 heteroatoms. The maximum atomic E-state index is 12.4. The third kappa shape index (κ3) is 5.39. The molecule has 8 nitrogen and oxygen atoms in total. The number of hydrogen-bond donors (Lipinski definition) is 4. The van der Waals surface area contributed by atoms with Gasteiger partial charge in [0.15, 0.2) is 0 Å². The Labute approximate surface area is 198 Å². The Hall–Kier alpha value is -3.39. The van der Waals surface area contributed by atoms with E-state index in [4.69, 9.17) is 14.9 Å². The van der Waals surface area contributed by atoms with E-state index in [1.807, 2.05) is 24.3 Å². The molecule has 0 aliphatic heterocycles. The van der Waals surface area contributed by atoms with Crippen molar-refractivity contribution in [1.82, 2.24) is 10.6 Å². The molecule has 0 bridgehead atoms. The topological polar surface area (TPSA) is 125 Å². The second-order valence-electron chi connectivity index (χ2n) is 9.10. The number of aliphatic hydroxyl groups excluding tert-OH is 1. The highest BCUT2D eigenvalue weighted by molar-refractivity contribution is 5.83. The Morgan fingerprint density at radius 3 is 2.21 bits per heavy atom. The first-order chi connectivity index (χ1) is 16.5. The molecule has 4 N–H and O–H groups in total. The Balaban J connectivity index is 1.21. The van der Waals surface area contributed by atoms with Gasteiger partial charge in [0.25, 0.3) is 0 Å². The SMILES string of the molecule is O=C(CC1CCC(CNC(=O)OCC2c3ccccc3-c3ccccc32)C1)N[C@@H](CO)C(=O)O. The predicted molar refractivity (Wildman–Crippen MR) is 125 cm³/mol. The first kappa shape index (κ1) is 23.8. The number of carboxylic acid groups (broad SMARTS) is 1. The van der Waals surface area contributed by atoms with E-state index in [9.17, 15) is 14.4 Å². The number of aliphatic hydroxyl groups is 1. The lowest BCUT2D eigenvalue weighted by Crippen LogP contribution is -2.43. The van der Waals surface area contributed by atoms with Gasteiger partial charge in [0.2, 0.25) is 5.91 Å². The predicted octanol–water partition coefficient (Wildman–Crippen LogP) is 2.89. The molecule has 0 saturated heterocycles. The second kappa shape index (κ2) is 10.7. The molecule has 180 valence electrons. The molecule has 1 saturated carbocycles. The highest BCUT2D eigenvalue weighted by atomic mass is 16.5. The van der Waals surface area contributed by atoms with E-state index >= 15 is 0 Å². The van der Waals surface area contributed by atoms with Crippen molar-refractivity contribution in [2.75, 3.05) is 19.8 Å². The smallest absolute Gasteiger partial charge is 0.407 e. The number of fused-ring (bicyclic) bond motifs is 3. The molecule has 3 atom stereocenters. The van der Waals surface area contributed by atoms with Gasteiger partial charge in [0, 0.05) is 18.9 Å². The Kier molecular flexibility index (Phi) is 7.47. The van der Waals surface area contributed by atoms with Crippen LogP contribution in [0, 0.1) is 11.8 Å². The molecule has 2 aliphatic rings. The van der Waals surface area contributed by atoms with E-state index < -0.39 is 24.7 Å². The van der Waals surface area contributed by atoms with Crippen molar-refractivity contribution in [2.45, 2.75) is 37.6 Å². The number of aliphatic carboxylic acids is 1. The van der Waals surface area contributed by atoms with Crippen molar-refractivity contribution in [3.05, 3.63) is 59.7 Å². The summed E-state index contributed by atoms with van der Waals surface area (Å²) < 4.78 is 5.58. The number of carbonyl (C=O) groups is 3. The number of ether oxygens (including phenoxy) is 1. The summed E-state index contributed by atoms with van der Waals surface area (Å²) in [6, 6.07) is 15.1. The molecule has 34 heavy (non-hydrogen) atoms. The van der Waals surface area contributed by atoms with E-state index in [2.05, 4.69) is 34.9 Å². The van der Waals surface area contributed by atoms with E-state index in [1.54, 1.807) is 0 Å². The molecule has 2 amide bonds. The maximum Gasteiger partial charge on any atom is 0.407 e. The molecular formula is C26H30N2O6. The van der Waals surface area contributed by atoms with Gasteiger partial charge in [-0.25, -0.2) is 9.59 Å². The summed E-state index contributed by atoms with van der Waals surface area (Å²) in [6.07, 6.45) is 2.25. The molecule has 0 radical (unpaired) electrons. The zero-order valence-corrected chi connectivity index (χ0v) is 18.9. The lowest BCUT2D eigenvalue weighted by atomic mass is 9.98. The molecule has 2 aliphatic carbocycles. The van der Waals surface area contributed by atoms with Gasteiger partial charge in [-0.15, -0.1) is 0 Å². The maximum absolute atomic E-state index is 12.4. The van der Waals surface area contributed by atoms with Crippen LogP contribution in [0.5, 0.6) is 0 Å². The third-order valence-corrected chi connectivity index (χ3v) is 6.82. The van der Waals surface area contributed by atoms with Crippen molar-refractivity contribution in [3.8, 4) is 11.1 Å². The molecule has 2 unspecified atom stereocenters. The number of carboxylic acids is 1. The van der Waals surface area contributed by atoms with Crippen LogP contribution in [-0.2, 0) is 14.3 Å². The van der Waals surface area contributed by atoms with Crippen LogP contribution in [0.1, 0.15) is 42.7 Å². The zero-order chi connectivity index (χ0) is 24.1. The number of hydrogen-bond acceptors (Lipinski definition) is 5. The average molecular weight is 467 g/mol. The molecule has 4 rings (SSSR count). The summed E-state index contributed by atoms with van der Waals surface area (Å²) >= 11 is 0.